The van der Waals surface area contributed by atoms with E-state index in [1.807, 2.05) is 35.7 Å². The first-order valence-corrected chi connectivity index (χ1v) is 12.9. The van der Waals surface area contributed by atoms with Crippen molar-refractivity contribution in [2.75, 3.05) is 36.6 Å². The van der Waals surface area contributed by atoms with Gasteiger partial charge in [-0.05, 0) is 66.7 Å². The summed E-state index contributed by atoms with van der Waals surface area (Å²) in [6.45, 7) is 1.13. The van der Waals surface area contributed by atoms with Crippen LogP contribution in [0.4, 0.5) is 5.69 Å². The molecule has 1 atom stereocenters. The van der Waals surface area contributed by atoms with Crippen molar-refractivity contribution < 1.29 is 19.0 Å². The van der Waals surface area contributed by atoms with E-state index in [0.29, 0.717) is 33.4 Å². The second kappa shape index (κ2) is 11.4. The monoisotopic (exact) mass is 479 g/mol. The summed E-state index contributed by atoms with van der Waals surface area (Å²) in [5.74, 6) is 3.38. The van der Waals surface area contributed by atoms with Gasteiger partial charge < -0.3 is 19.5 Å². The van der Waals surface area contributed by atoms with Gasteiger partial charge in [-0.2, -0.15) is 0 Å². The number of rotatable bonds is 8. The van der Waals surface area contributed by atoms with Crippen molar-refractivity contribution in [2.24, 2.45) is 0 Å². The Morgan fingerprint density at radius 1 is 1.10 bits per heavy atom. The summed E-state index contributed by atoms with van der Waals surface area (Å²) in [6, 6.07) is 13.2. The summed E-state index contributed by atoms with van der Waals surface area (Å²) in [7, 11) is 0. The molecule has 0 saturated carbocycles. The molecule has 31 heavy (non-hydrogen) atoms. The summed E-state index contributed by atoms with van der Waals surface area (Å²) in [6.07, 6.45) is 3.40. The van der Waals surface area contributed by atoms with E-state index in [2.05, 4.69) is 17.4 Å². The van der Waals surface area contributed by atoms with Crippen molar-refractivity contribution in [3.63, 3.8) is 0 Å². The molecule has 2 fully saturated rings. The van der Waals surface area contributed by atoms with Gasteiger partial charge in [-0.25, -0.2) is 0 Å². The van der Waals surface area contributed by atoms with Gasteiger partial charge in [0, 0.05) is 11.6 Å². The Bertz CT molecular complexity index is 868. The van der Waals surface area contributed by atoms with Crippen LogP contribution in [0.1, 0.15) is 29.4 Å². The SMILES string of the molecule is O=C(COc1ccc(C2SCCCS2)cc1)Nc1cc(Cl)ccc1OCC1CCCO1. The fraction of sp³-hybridized carbons (Fsp3) is 0.435. The van der Waals surface area contributed by atoms with E-state index in [9.17, 15) is 4.79 Å². The van der Waals surface area contributed by atoms with Crippen LogP contribution in [0.25, 0.3) is 0 Å². The lowest BCUT2D eigenvalue weighted by molar-refractivity contribution is -0.118. The number of anilines is 1. The molecule has 2 aromatic carbocycles. The van der Waals surface area contributed by atoms with Crippen LogP contribution in [0.5, 0.6) is 11.5 Å². The van der Waals surface area contributed by atoms with Gasteiger partial charge >= 0.3 is 0 Å². The maximum atomic E-state index is 12.5. The summed E-state index contributed by atoms with van der Waals surface area (Å²) >= 11 is 10.1. The number of benzene rings is 2. The van der Waals surface area contributed by atoms with Crippen LogP contribution in [0.2, 0.25) is 5.02 Å². The first-order chi connectivity index (χ1) is 15.2. The van der Waals surface area contributed by atoms with Crippen molar-refractivity contribution in [3.05, 3.63) is 53.1 Å². The molecule has 2 heterocycles. The molecular weight excluding hydrogens is 454 g/mol. The highest BCUT2D eigenvalue weighted by Crippen LogP contribution is 2.43. The molecule has 0 aliphatic carbocycles. The quantitative estimate of drug-likeness (QED) is 0.517. The molecule has 0 spiro atoms. The van der Waals surface area contributed by atoms with Crippen molar-refractivity contribution >= 4 is 46.7 Å². The lowest BCUT2D eigenvalue weighted by Crippen LogP contribution is -2.21. The molecule has 5 nitrogen and oxygen atoms in total. The van der Waals surface area contributed by atoms with Crippen molar-refractivity contribution in [1.82, 2.24) is 0 Å². The number of amides is 1. The molecular formula is C23H26ClNO4S2. The van der Waals surface area contributed by atoms with Crippen LogP contribution >= 0.6 is 35.1 Å². The number of nitrogens with one attached hydrogen (secondary N) is 1. The average Bonchev–Trinajstić information content (AvgIpc) is 3.32. The first-order valence-electron chi connectivity index (χ1n) is 10.5. The number of carbonyl (C=O) groups is 1. The van der Waals surface area contributed by atoms with Gasteiger partial charge in [0.2, 0.25) is 0 Å². The van der Waals surface area contributed by atoms with E-state index in [0.717, 1.165) is 19.4 Å². The highest BCUT2D eigenvalue weighted by atomic mass is 35.5. The third kappa shape index (κ3) is 6.72. The van der Waals surface area contributed by atoms with Crippen LogP contribution in [0, 0.1) is 0 Å². The molecule has 2 aliphatic heterocycles. The van der Waals surface area contributed by atoms with Gasteiger partial charge in [0.15, 0.2) is 6.61 Å². The molecule has 0 bridgehead atoms. The Balaban J connectivity index is 1.29. The van der Waals surface area contributed by atoms with Crippen LogP contribution < -0.4 is 14.8 Å². The molecule has 0 aromatic heterocycles. The molecule has 1 unspecified atom stereocenters. The third-order valence-corrected chi connectivity index (χ3v) is 8.26. The second-order valence-electron chi connectivity index (χ2n) is 7.42. The lowest BCUT2D eigenvalue weighted by atomic mass is 10.2. The maximum absolute atomic E-state index is 12.5. The van der Waals surface area contributed by atoms with E-state index in [1.54, 1.807) is 18.2 Å². The number of ether oxygens (including phenoxy) is 3. The Labute approximate surface area is 196 Å². The molecule has 2 aromatic rings. The molecule has 1 amide bonds. The largest absolute Gasteiger partial charge is 0.489 e. The first kappa shape index (κ1) is 22.6. The summed E-state index contributed by atoms with van der Waals surface area (Å²) in [5.41, 5.74) is 1.82. The minimum absolute atomic E-state index is 0.0933. The van der Waals surface area contributed by atoms with Crippen molar-refractivity contribution in [3.8, 4) is 11.5 Å². The van der Waals surface area contributed by atoms with Crippen molar-refractivity contribution in [1.29, 1.82) is 0 Å². The smallest absolute Gasteiger partial charge is 0.262 e. The van der Waals surface area contributed by atoms with Crippen molar-refractivity contribution in [2.45, 2.75) is 29.9 Å². The Hall–Kier alpha value is -1.54. The van der Waals surface area contributed by atoms with Crippen LogP contribution in [-0.4, -0.2) is 43.3 Å². The third-order valence-electron chi connectivity index (χ3n) is 5.01. The van der Waals surface area contributed by atoms with E-state index in [4.69, 9.17) is 25.8 Å². The summed E-state index contributed by atoms with van der Waals surface area (Å²) < 4.78 is 17.6. The standard InChI is InChI=1S/C23H26ClNO4S2/c24-17-6-9-21(29-14-19-3-1-10-27-19)20(13-17)25-22(26)15-28-18-7-4-16(5-8-18)23-30-11-2-12-31-23/h4-9,13,19,23H,1-3,10-12,14-15H2,(H,25,26). The van der Waals surface area contributed by atoms with Crippen LogP contribution in [0.15, 0.2) is 42.5 Å². The Kier molecular flexibility index (Phi) is 8.30. The normalized spacial score (nSPS) is 19.2. The zero-order valence-corrected chi connectivity index (χ0v) is 19.6. The second-order valence-corrected chi connectivity index (χ2v) is 10.6. The maximum Gasteiger partial charge on any atom is 0.262 e. The zero-order chi connectivity index (χ0) is 21.5. The topological polar surface area (TPSA) is 56.8 Å². The number of hydrogen-bond donors (Lipinski definition) is 1. The number of carbonyl (C=O) groups excluding carboxylic acids is 1. The van der Waals surface area contributed by atoms with E-state index in [1.165, 1.54) is 23.5 Å². The van der Waals surface area contributed by atoms with E-state index >= 15 is 0 Å². The predicted molar refractivity (Wildman–Crippen MR) is 129 cm³/mol. The fourth-order valence-corrected chi connectivity index (χ4v) is 6.49. The van der Waals surface area contributed by atoms with Gasteiger partial charge in [0.25, 0.3) is 5.91 Å². The van der Waals surface area contributed by atoms with Crippen LogP contribution in [-0.2, 0) is 9.53 Å². The predicted octanol–water partition coefficient (Wildman–Crippen LogP) is 5.78. The molecule has 1 N–H and O–H groups in total. The molecule has 2 saturated heterocycles. The zero-order valence-electron chi connectivity index (χ0n) is 17.2. The number of thioether (sulfide) groups is 2. The minimum Gasteiger partial charge on any atom is -0.489 e. The molecule has 8 heteroatoms. The molecule has 0 radical (unpaired) electrons. The minimum atomic E-state index is -0.272. The van der Waals surface area contributed by atoms with Crippen LogP contribution in [0.3, 0.4) is 0 Å². The van der Waals surface area contributed by atoms with Gasteiger partial charge in [-0.15, -0.1) is 23.5 Å². The summed E-state index contributed by atoms with van der Waals surface area (Å²) in [5, 5.41) is 3.36. The molecule has 2 aliphatic rings. The highest BCUT2D eigenvalue weighted by Gasteiger charge is 2.18. The van der Waals surface area contributed by atoms with E-state index in [-0.39, 0.29) is 18.6 Å². The van der Waals surface area contributed by atoms with Gasteiger partial charge in [0.05, 0.1) is 16.4 Å². The van der Waals surface area contributed by atoms with Gasteiger partial charge in [0.1, 0.15) is 18.1 Å². The van der Waals surface area contributed by atoms with E-state index < -0.39 is 0 Å². The Morgan fingerprint density at radius 2 is 1.90 bits per heavy atom. The summed E-state index contributed by atoms with van der Waals surface area (Å²) in [4.78, 5) is 12.5. The molecule has 4 rings (SSSR count). The Morgan fingerprint density at radius 3 is 2.65 bits per heavy atom. The number of hydrogen-bond acceptors (Lipinski definition) is 6. The lowest BCUT2D eigenvalue weighted by Gasteiger charge is -2.21. The highest BCUT2D eigenvalue weighted by molar-refractivity contribution is 8.16. The van der Waals surface area contributed by atoms with Gasteiger partial charge in [-0.1, -0.05) is 23.7 Å². The van der Waals surface area contributed by atoms with Gasteiger partial charge in [-0.3, -0.25) is 4.79 Å². The fourth-order valence-electron chi connectivity index (χ4n) is 3.42. The average molecular weight is 480 g/mol. The molecule has 166 valence electrons. The number of halogens is 1.